The zero-order chi connectivity index (χ0) is 9.54. The minimum Gasteiger partial charge on any atom is -0.380 e. The van der Waals surface area contributed by atoms with Crippen LogP contribution in [-0.4, -0.2) is 10.2 Å². The number of rotatable bonds is 0. The third-order valence-corrected chi connectivity index (χ3v) is 2.71. The van der Waals surface area contributed by atoms with E-state index in [1.807, 2.05) is 12.1 Å². The number of hydrogen-bond donors (Lipinski definition) is 2. The number of anilines is 1. The van der Waals surface area contributed by atoms with Crippen molar-refractivity contribution in [3.05, 3.63) is 35.5 Å². The number of nitrogens with one attached hydrogen (secondary N) is 2. The van der Waals surface area contributed by atoms with E-state index in [9.17, 15) is 0 Å². The summed E-state index contributed by atoms with van der Waals surface area (Å²) in [5, 5.41) is 10.7. The van der Waals surface area contributed by atoms with E-state index in [4.69, 9.17) is 0 Å². The van der Waals surface area contributed by atoms with Gasteiger partial charge in [0.2, 0.25) is 0 Å². The van der Waals surface area contributed by atoms with E-state index in [1.54, 1.807) is 0 Å². The third kappa shape index (κ3) is 0.894. The largest absolute Gasteiger partial charge is 0.380 e. The van der Waals surface area contributed by atoms with Crippen LogP contribution in [0.25, 0.3) is 11.3 Å². The second-order valence-corrected chi connectivity index (χ2v) is 3.57. The second-order valence-electron chi connectivity index (χ2n) is 3.57. The van der Waals surface area contributed by atoms with Gasteiger partial charge in [0.05, 0.1) is 5.69 Å². The van der Waals surface area contributed by atoms with Crippen LogP contribution < -0.4 is 5.32 Å². The molecular weight excluding hydrogens is 174 g/mol. The maximum atomic E-state index is 4.33. The number of aromatic amines is 1. The second kappa shape index (κ2) is 2.61. The summed E-state index contributed by atoms with van der Waals surface area (Å²) >= 11 is 0. The summed E-state index contributed by atoms with van der Waals surface area (Å²) in [7, 11) is 0. The zero-order valence-corrected chi connectivity index (χ0v) is 7.96. The molecule has 2 aromatic rings. The van der Waals surface area contributed by atoms with Gasteiger partial charge in [0, 0.05) is 29.1 Å². The highest BCUT2D eigenvalue weighted by Crippen LogP contribution is 2.34. The van der Waals surface area contributed by atoms with E-state index in [2.05, 4.69) is 34.6 Å². The van der Waals surface area contributed by atoms with Crippen molar-refractivity contribution in [3.8, 4) is 11.3 Å². The SMILES string of the molecule is Cc1[nH]nc2c1CNc1ccccc1-2. The Hall–Kier alpha value is -1.77. The molecule has 14 heavy (non-hydrogen) atoms. The third-order valence-electron chi connectivity index (χ3n) is 2.71. The average molecular weight is 185 g/mol. The van der Waals surface area contributed by atoms with Gasteiger partial charge in [-0.3, -0.25) is 5.10 Å². The molecule has 1 aromatic carbocycles. The number of fused-ring (bicyclic) bond motifs is 3. The van der Waals surface area contributed by atoms with Crippen LogP contribution in [-0.2, 0) is 6.54 Å². The first-order valence-corrected chi connectivity index (χ1v) is 4.73. The Morgan fingerprint density at radius 1 is 1.29 bits per heavy atom. The standard InChI is InChI=1S/C11H11N3/c1-7-9-6-12-10-5-3-2-4-8(10)11(9)14-13-7/h2-5,12H,6H2,1H3,(H,13,14). The Balaban J connectivity index is 2.29. The first kappa shape index (κ1) is 7.62. The molecule has 70 valence electrons. The smallest absolute Gasteiger partial charge is 0.0994 e. The van der Waals surface area contributed by atoms with Gasteiger partial charge >= 0.3 is 0 Å². The van der Waals surface area contributed by atoms with Gasteiger partial charge in [0.1, 0.15) is 0 Å². The molecule has 0 saturated carbocycles. The zero-order valence-electron chi connectivity index (χ0n) is 7.96. The minimum absolute atomic E-state index is 0.870. The first-order chi connectivity index (χ1) is 6.86. The first-order valence-electron chi connectivity index (χ1n) is 4.73. The lowest BCUT2D eigenvalue weighted by molar-refractivity contribution is 1.05. The summed E-state index contributed by atoms with van der Waals surface area (Å²) in [6.07, 6.45) is 0. The summed E-state index contributed by atoms with van der Waals surface area (Å²) in [6, 6.07) is 8.26. The number of benzene rings is 1. The highest BCUT2D eigenvalue weighted by Gasteiger charge is 2.19. The molecule has 3 nitrogen and oxygen atoms in total. The number of hydrogen-bond acceptors (Lipinski definition) is 2. The molecule has 2 N–H and O–H groups in total. The molecule has 0 fully saturated rings. The molecular formula is C11H11N3. The Kier molecular flexibility index (Phi) is 1.42. The molecule has 0 spiro atoms. The Morgan fingerprint density at radius 2 is 2.14 bits per heavy atom. The van der Waals surface area contributed by atoms with Crippen molar-refractivity contribution in [2.75, 3.05) is 5.32 Å². The van der Waals surface area contributed by atoms with Gasteiger partial charge in [0.15, 0.2) is 0 Å². The van der Waals surface area contributed by atoms with E-state index in [-0.39, 0.29) is 0 Å². The van der Waals surface area contributed by atoms with Crippen LogP contribution in [0.5, 0.6) is 0 Å². The average Bonchev–Trinajstić information content (AvgIpc) is 2.61. The molecule has 0 bridgehead atoms. The van der Waals surface area contributed by atoms with Crippen molar-refractivity contribution in [2.24, 2.45) is 0 Å². The number of aryl methyl sites for hydroxylation is 1. The van der Waals surface area contributed by atoms with Crippen molar-refractivity contribution in [1.29, 1.82) is 0 Å². The highest BCUT2D eigenvalue weighted by atomic mass is 15.1. The lowest BCUT2D eigenvalue weighted by Gasteiger charge is -2.17. The van der Waals surface area contributed by atoms with Crippen molar-refractivity contribution in [3.63, 3.8) is 0 Å². The molecule has 0 atom stereocenters. The van der Waals surface area contributed by atoms with Crippen LogP contribution in [0, 0.1) is 6.92 Å². The molecule has 0 aliphatic carbocycles. The molecule has 1 aliphatic heterocycles. The van der Waals surface area contributed by atoms with Crippen molar-refractivity contribution < 1.29 is 0 Å². The van der Waals surface area contributed by atoms with Gasteiger partial charge in [0.25, 0.3) is 0 Å². The normalized spacial score (nSPS) is 12.9. The van der Waals surface area contributed by atoms with Crippen LogP contribution >= 0.6 is 0 Å². The fraction of sp³-hybridized carbons (Fsp3) is 0.182. The molecule has 2 heterocycles. The Labute approximate surface area is 82.2 Å². The molecule has 0 unspecified atom stereocenters. The van der Waals surface area contributed by atoms with E-state index >= 15 is 0 Å². The van der Waals surface area contributed by atoms with Crippen molar-refractivity contribution >= 4 is 5.69 Å². The van der Waals surface area contributed by atoms with Gasteiger partial charge in [-0.05, 0) is 13.0 Å². The van der Waals surface area contributed by atoms with Crippen LogP contribution in [0.2, 0.25) is 0 Å². The fourth-order valence-electron chi connectivity index (χ4n) is 1.92. The lowest BCUT2D eigenvalue weighted by atomic mass is 10.0. The number of nitrogens with zero attached hydrogens (tertiary/aromatic N) is 1. The van der Waals surface area contributed by atoms with Gasteiger partial charge < -0.3 is 5.32 Å². The van der Waals surface area contributed by atoms with Crippen LogP contribution in [0.15, 0.2) is 24.3 Å². The van der Waals surface area contributed by atoms with E-state index in [0.29, 0.717) is 0 Å². The quantitative estimate of drug-likeness (QED) is 0.661. The van der Waals surface area contributed by atoms with E-state index < -0.39 is 0 Å². The van der Waals surface area contributed by atoms with Gasteiger partial charge in [-0.25, -0.2) is 0 Å². The molecule has 3 rings (SSSR count). The van der Waals surface area contributed by atoms with E-state index in [0.717, 1.165) is 17.9 Å². The fourth-order valence-corrected chi connectivity index (χ4v) is 1.92. The molecule has 0 saturated heterocycles. The number of H-pyrrole nitrogens is 1. The maximum absolute atomic E-state index is 4.33. The predicted octanol–water partition coefficient (Wildman–Crippen LogP) is 2.31. The summed E-state index contributed by atoms with van der Waals surface area (Å²) in [5.41, 5.74) is 5.90. The van der Waals surface area contributed by atoms with Crippen LogP contribution in [0.3, 0.4) is 0 Å². The van der Waals surface area contributed by atoms with Crippen LogP contribution in [0.4, 0.5) is 5.69 Å². The molecule has 0 amide bonds. The summed E-state index contributed by atoms with van der Waals surface area (Å²) in [4.78, 5) is 0. The van der Waals surface area contributed by atoms with Crippen molar-refractivity contribution in [1.82, 2.24) is 10.2 Å². The molecule has 1 aromatic heterocycles. The summed E-state index contributed by atoms with van der Waals surface area (Å²) < 4.78 is 0. The molecule has 3 heteroatoms. The lowest BCUT2D eigenvalue weighted by Crippen LogP contribution is -2.07. The monoisotopic (exact) mass is 185 g/mol. The highest BCUT2D eigenvalue weighted by molar-refractivity contribution is 5.80. The van der Waals surface area contributed by atoms with Crippen molar-refractivity contribution in [2.45, 2.75) is 13.5 Å². The summed E-state index contributed by atoms with van der Waals surface area (Å²) in [5.74, 6) is 0. The topological polar surface area (TPSA) is 40.7 Å². The maximum Gasteiger partial charge on any atom is 0.0994 e. The van der Waals surface area contributed by atoms with Gasteiger partial charge in [-0.15, -0.1) is 0 Å². The van der Waals surface area contributed by atoms with Gasteiger partial charge in [-0.1, -0.05) is 18.2 Å². The minimum atomic E-state index is 0.870. The van der Waals surface area contributed by atoms with E-state index in [1.165, 1.54) is 16.8 Å². The molecule has 1 aliphatic rings. The number of aromatic nitrogens is 2. The Morgan fingerprint density at radius 3 is 3.07 bits per heavy atom. The molecule has 0 radical (unpaired) electrons. The predicted molar refractivity (Wildman–Crippen MR) is 56.1 cm³/mol. The van der Waals surface area contributed by atoms with Gasteiger partial charge in [-0.2, -0.15) is 5.10 Å². The number of para-hydroxylation sites is 1. The summed E-state index contributed by atoms with van der Waals surface area (Å²) in [6.45, 7) is 2.93. The van der Waals surface area contributed by atoms with Crippen LogP contribution in [0.1, 0.15) is 11.3 Å². The Bertz CT molecular complexity index is 485.